The molecule has 0 fully saturated rings. The molecule has 0 saturated carbocycles. The van der Waals surface area contributed by atoms with Crippen molar-refractivity contribution in [1.29, 1.82) is 0 Å². The molecule has 0 aromatic heterocycles. The summed E-state index contributed by atoms with van der Waals surface area (Å²) in [6, 6.07) is 9.12. The fourth-order valence-electron chi connectivity index (χ4n) is 1.56. The van der Waals surface area contributed by atoms with E-state index in [0.29, 0.717) is 12.2 Å². The summed E-state index contributed by atoms with van der Waals surface area (Å²) in [5.41, 5.74) is 2.66. The lowest BCUT2D eigenvalue weighted by atomic mass is 10.2. The summed E-state index contributed by atoms with van der Waals surface area (Å²) in [7, 11) is 0. The molecule has 1 rings (SSSR count). The third kappa shape index (κ3) is 5.17. The summed E-state index contributed by atoms with van der Waals surface area (Å²) in [4.78, 5) is 29.3. The first-order valence-corrected chi connectivity index (χ1v) is 6.50. The molecule has 20 heavy (non-hydrogen) atoms. The number of hydroxylamine groups is 1. The molecule has 0 saturated heterocycles. The molecule has 6 nitrogen and oxygen atoms in total. The van der Waals surface area contributed by atoms with E-state index in [1.54, 1.807) is 19.1 Å². The Balaban J connectivity index is 2.68. The Bertz CT molecular complexity index is 434. The predicted molar refractivity (Wildman–Crippen MR) is 75.3 cm³/mol. The molecule has 0 bridgehead atoms. The maximum atomic E-state index is 12.0. The van der Waals surface area contributed by atoms with Crippen molar-refractivity contribution in [2.24, 2.45) is 5.92 Å². The van der Waals surface area contributed by atoms with Crippen LogP contribution < -0.4 is 10.4 Å². The van der Waals surface area contributed by atoms with Gasteiger partial charge in [0, 0.05) is 12.2 Å². The van der Waals surface area contributed by atoms with Gasteiger partial charge in [0.05, 0.1) is 6.61 Å². The first-order chi connectivity index (χ1) is 9.54. The fourth-order valence-corrected chi connectivity index (χ4v) is 1.56. The van der Waals surface area contributed by atoms with E-state index < -0.39 is 12.2 Å². The molecule has 1 aromatic carbocycles. The summed E-state index contributed by atoms with van der Waals surface area (Å²) in [6.45, 7) is 6.32. The number of anilines is 1. The Morgan fingerprint density at radius 3 is 2.45 bits per heavy atom. The van der Waals surface area contributed by atoms with Crippen molar-refractivity contribution in [1.82, 2.24) is 5.48 Å². The Kier molecular flexibility index (Phi) is 6.36. The first-order valence-electron chi connectivity index (χ1n) is 6.50. The number of ether oxygens (including phenoxy) is 1. The van der Waals surface area contributed by atoms with Crippen LogP contribution in [0.3, 0.4) is 0 Å². The highest BCUT2D eigenvalue weighted by Gasteiger charge is 2.19. The van der Waals surface area contributed by atoms with Crippen LogP contribution in [0.25, 0.3) is 0 Å². The van der Waals surface area contributed by atoms with Crippen molar-refractivity contribution in [3.05, 3.63) is 30.3 Å². The minimum atomic E-state index is -0.793. The Labute approximate surface area is 118 Å². The summed E-state index contributed by atoms with van der Waals surface area (Å²) in [5.74, 6) is 0.255. The molecule has 110 valence electrons. The SMILES string of the molecule is CCOC(=O)NOC(=O)N(CC(C)C)c1ccccc1. The number of carbonyl (C=O) groups is 2. The van der Waals surface area contributed by atoms with Gasteiger partial charge in [0.1, 0.15) is 0 Å². The van der Waals surface area contributed by atoms with Crippen molar-refractivity contribution < 1.29 is 19.2 Å². The zero-order chi connectivity index (χ0) is 15.0. The molecule has 2 amide bonds. The molecule has 0 aliphatic rings. The minimum Gasteiger partial charge on any atom is -0.448 e. The largest absolute Gasteiger partial charge is 0.448 e. The van der Waals surface area contributed by atoms with Gasteiger partial charge in [-0.15, -0.1) is 5.48 Å². The summed E-state index contributed by atoms with van der Waals surface area (Å²) < 4.78 is 4.61. The second-order valence-corrected chi connectivity index (χ2v) is 4.53. The lowest BCUT2D eigenvalue weighted by molar-refractivity contribution is 0.0689. The number of hydrogen-bond acceptors (Lipinski definition) is 4. The number of para-hydroxylation sites is 1. The number of amides is 2. The maximum absolute atomic E-state index is 12.0. The molecule has 0 unspecified atom stereocenters. The molecule has 0 spiro atoms. The van der Waals surface area contributed by atoms with Crippen molar-refractivity contribution >= 4 is 17.9 Å². The fraction of sp³-hybridized carbons (Fsp3) is 0.429. The number of carbonyl (C=O) groups excluding carboxylic acids is 2. The van der Waals surface area contributed by atoms with Crippen LogP contribution in [0.5, 0.6) is 0 Å². The maximum Gasteiger partial charge on any atom is 0.440 e. The second kappa shape index (κ2) is 8.04. The Morgan fingerprint density at radius 2 is 1.90 bits per heavy atom. The van der Waals surface area contributed by atoms with E-state index in [1.165, 1.54) is 4.90 Å². The van der Waals surface area contributed by atoms with Gasteiger partial charge in [0.25, 0.3) is 0 Å². The smallest absolute Gasteiger partial charge is 0.440 e. The van der Waals surface area contributed by atoms with Gasteiger partial charge in [-0.2, -0.15) is 0 Å². The highest BCUT2D eigenvalue weighted by Crippen LogP contribution is 2.16. The topological polar surface area (TPSA) is 67.9 Å². The van der Waals surface area contributed by atoms with Crippen LogP contribution in [0.15, 0.2) is 30.3 Å². The van der Waals surface area contributed by atoms with Gasteiger partial charge < -0.3 is 9.57 Å². The Hall–Kier alpha value is -2.24. The Morgan fingerprint density at radius 1 is 1.25 bits per heavy atom. The van der Waals surface area contributed by atoms with Gasteiger partial charge in [-0.05, 0) is 25.0 Å². The summed E-state index contributed by atoms with van der Waals surface area (Å²) in [6.07, 6.45) is -1.45. The quantitative estimate of drug-likeness (QED) is 0.861. The molecule has 0 atom stereocenters. The lowest BCUT2D eigenvalue weighted by Crippen LogP contribution is -2.39. The van der Waals surface area contributed by atoms with Crippen LogP contribution in [-0.2, 0) is 9.57 Å². The van der Waals surface area contributed by atoms with Crippen molar-refractivity contribution in [3.63, 3.8) is 0 Å². The van der Waals surface area contributed by atoms with Gasteiger partial charge in [-0.1, -0.05) is 32.0 Å². The van der Waals surface area contributed by atoms with E-state index in [0.717, 1.165) is 0 Å². The van der Waals surface area contributed by atoms with Gasteiger partial charge in [0.15, 0.2) is 0 Å². The van der Waals surface area contributed by atoms with Gasteiger partial charge in [0.2, 0.25) is 0 Å². The number of nitrogens with zero attached hydrogens (tertiary/aromatic N) is 1. The molecular formula is C14H20N2O4. The molecule has 1 N–H and O–H groups in total. The van der Waals surface area contributed by atoms with E-state index in [4.69, 9.17) is 4.84 Å². The number of hydrogen-bond donors (Lipinski definition) is 1. The average molecular weight is 280 g/mol. The number of rotatable bonds is 4. The predicted octanol–water partition coefficient (Wildman–Crippen LogP) is 2.95. The lowest BCUT2D eigenvalue weighted by Gasteiger charge is -2.23. The van der Waals surface area contributed by atoms with E-state index >= 15 is 0 Å². The van der Waals surface area contributed by atoms with Crippen molar-refractivity contribution in [2.75, 3.05) is 18.1 Å². The third-order valence-corrected chi connectivity index (χ3v) is 2.33. The minimum absolute atomic E-state index is 0.206. The number of nitrogens with one attached hydrogen (secondary N) is 1. The van der Waals surface area contributed by atoms with E-state index in [1.807, 2.05) is 37.5 Å². The summed E-state index contributed by atoms with van der Waals surface area (Å²) >= 11 is 0. The van der Waals surface area contributed by atoms with Crippen LogP contribution in [0.1, 0.15) is 20.8 Å². The summed E-state index contributed by atoms with van der Waals surface area (Å²) in [5, 5.41) is 0. The normalized spacial score (nSPS) is 10.0. The molecule has 0 aliphatic heterocycles. The molecule has 0 heterocycles. The van der Waals surface area contributed by atoms with Gasteiger partial charge >= 0.3 is 12.2 Å². The zero-order valence-corrected chi connectivity index (χ0v) is 12.0. The zero-order valence-electron chi connectivity index (χ0n) is 12.0. The first kappa shape index (κ1) is 15.8. The molecular weight excluding hydrogens is 260 g/mol. The van der Waals surface area contributed by atoms with Gasteiger partial charge in [-0.3, -0.25) is 4.90 Å². The molecule has 6 heteroatoms. The number of benzene rings is 1. The van der Waals surface area contributed by atoms with Crippen LogP contribution in [0.2, 0.25) is 0 Å². The van der Waals surface area contributed by atoms with Crippen LogP contribution in [-0.4, -0.2) is 25.3 Å². The average Bonchev–Trinajstić information content (AvgIpc) is 2.43. The van der Waals surface area contributed by atoms with Crippen LogP contribution in [0.4, 0.5) is 15.3 Å². The van der Waals surface area contributed by atoms with Crippen molar-refractivity contribution in [2.45, 2.75) is 20.8 Å². The molecule has 0 radical (unpaired) electrons. The van der Waals surface area contributed by atoms with Crippen molar-refractivity contribution in [3.8, 4) is 0 Å². The molecule has 0 aliphatic carbocycles. The van der Waals surface area contributed by atoms with E-state index in [-0.39, 0.29) is 12.5 Å². The third-order valence-electron chi connectivity index (χ3n) is 2.33. The van der Waals surface area contributed by atoms with Gasteiger partial charge in [-0.25, -0.2) is 9.59 Å². The van der Waals surface area contributed by atoms with Crippen LogP contribution in [0, 0.1) is 5.92 Å². The van der Waals surface area contributed by atoms with Crippen LogP contribution >= 0.6 is 0 Å². The highest BCUT2D eigenvalue weighted by molar-refractivity contribution is 5.88. The van der Waals surface area contributed by atoms with E-state index in [2.05, 4.69) is 4.74 Å². The standard InChI is InChI=1S/C14H20N2O4/c1-4-19-13(17)15-20-14(18)16(10-11(2)3)12-8-6-5-7-9-12/h5-9,11H,4,10H2,1-3H3,(H,15,17). The van der Waals surface area contributed by atoms with E-state index in [9.17, 15) is 9.59 Å². The second-order valence-electron chi connectivity index (χ2n) is 4.53. The molecule has 1 aromatic rings. The monoisotopic (exact) mass is 280 g/mol. The highest BCUT2D eigenvalue weighted by atomic mass is 16.7.